The molecule has 0 spiro atoms. The zero-order valence-corrected chi connectivity index (χ0v) is 10.9. The Labute approximate surface area is 107 Å². The van der Waals surface area contributed by atoms with Crippen molar-refractivity contribution in [3.63, 3.8) is 0 Å². The van der Waals surface area contributed by atoms with Crippen LogP contribution in [0.15, 0.2) is 18.3 Å². The molecule has 98 valence electrons. The zero-order valence-electron chi connectivity index (χ0n) is 10.9. The van der Waals surface area contributed by atoms with Crippen molar-refractivity contribution in [1.82, 2.24) is 4.98 Å². The van der Waals surface area contributed by atoms with Crippen LogP contribution in [0.25, 0.3) is 0 Å². The predicted molar refractivity (Wildman–Crippen MR) is 67.5 cm³/mol. The first-order valence-corrected chi connectivity index (χ1v) is 6.10. The third-order valence-corrected chi connectivity index (χ3v) is 2.85. The minimum Gasteiger partial charge on any atom is -0.446 e. The van der Waals surface area contributed by atoms with Gasteiger partial charge in [-0.15, -0.1) is 0 Å². The lowest BCUT2D eigenvalue weighted by atomic mass is 10.1. The Kier molecular flexibility index (Phi) is 3.81. The summed E-state index contributed by atoms with van der Waals surface area (Å²) >= 11 is 0. The highest BCUT2D eigenvalue weighted by atomic mass is 16.6. The van der Waals surface area contributed by atoms with E-state index < -0.39 is 0 Å². The monoisotopic (exact) mass is 250 g/mol. The van der Waals surface area contributed by atoms with Crippen LogP contribution in [-0.2, 0) is 15.9 Å². The van der Waals surface area contributed by atoms with E-state index in [4.69, 9.17) is 9.47 Å². The van der Waals surface area contributed by atoms with Gasteiger partial charge >= 0.3 is 6.09 Å². The zero-order chi connectivity index (χ0) is 13.1. The highest BCUT2D eigenvalue weighted by Gasteiger charge is 2.33. The van der Waals surface area contributed by atoms with Gasteiger partial charge in [0.15, 0.2) is 0 Å². The van der Waals surface area contributed by atoms with E-state index in [1.54, 1.807) is 18.2 Å². The second-order valence-corrected chi connectivity index (χ2v) is 4.50. The fourth-order valence-corrected chi connectivity index (χ4v) is 2.08. The topological polar surface area (TPSA) is 51.7 Å². The Hall–Kier alpha value is -1.62. The summed E-state index contributed by atoms with van der Waals surface area (Å²) in [5.41, 5.74) is 1.69. The van der Waals surface area contributed by atoms with Gasteiger partial charge in [-0.25, -0.2) is 9.69 Å². The number of rotatable bonds is 2. The van der Waals surface area contributed by atoms with Crippen molar-refractivity contribution in [2.45, 2.75) is 39.0 Å². The van der Waals surface area contributed by atoms with Gasteiger partial charge in [-0.05, 0) is 38.8 Å². The lowest BCUT2D eigenvalue weighted by Crippen LogP contribution is -2.46. The Balaban J connectivity index is 2.31. The van der Waals surface area contributed by atoms with Crippen LogP contribution >= 0.6 is 0 Å². The molecule has 0 bridgehead atoms. The molecule has 1 aliphatic heterocycles. The number of hydrogen-bond donors (Lipinski definition) is 0. The third kappa shape index (κ3) is 2.46. The molecule has 5 nitrogen and oxygen atoms in total. The number of ether oxygens (including phenoxy) is 2. The number of amides is 1. The second kappa shape index (κ2) is 5.35. The molecule has 1 amide bonds. The molecule has 2 rings (SSSR count). The molecule has 1 atom stereocenters. The number of fused-ring (bicyclic) bond motifs is 1. The predicted octanol–water partition coefficient (Wildman–Crippen LogP) is 2.35. The maximum Gasteiger partial charge on any atom is 0.416 e. The first kappa shape index (κ1) is 12.8. The minimum absolute atomic E-state index is 0.156. The molecule has 1 aliphatic rings. The minimum atomic E-state index is -0.384. The molecular formula is C13H18N2O3. The molecule has 1 aromatic heterocycles. The molecule has 1 aromatic rings. The van der Waals surface area contributed by atoms with Crippen molar-refractivity contribution >= 4 is 11.8 Å². The normalized spacial score (nSPS) is 18.7. The van der Waals surface area contributed by atoms with Crippen molar-refractivity contribution < 1.29 is 14.3 Å². The number of pyridine rings is 1. The van der Waals surface area contributed by atoms with E-state index in [2.05, 4.69) is 4.98 Å². The highest BCUT2D eigenvalue weighted by molar-refractivity contribution is 5.89. The fourth-order valence-electron chi connectivity index (χ4n) is 2.08. The van der Waals surface area contributed by atoms with E-state index in [1.807, 2.05) is 26.0 Å². The molecule has 5 heteroatoms. The molecule has 0 fully saturated rings. The standard InChI is InChI=1S/C13H18N2O3/c1-9(2)18-13(16)15-11-5-4-8-14-10(11)6-7-12(15)17-3/h4-5,8-9,12H,6-7H2,1-3H3. The van der Waals surface area contributed by atoms with Crippen LogP contribution in [0.5, 0.6) is 0 Å². The Bertz CT molecular complexity index is 434. The van der Waals surface area contributed by atoms with Crippen LogP contribution in [-0.4, -0.2) is 30.5 Å². The maximum absolute atomic E-state index is 12.1. The Morgan fingerprint density at radius 1 is 1.56 bits per heavy atom. The van der Waals surface area contributed by atoms with Gasteiger partial charge in [0, 0.05) is 13.3 Å². The lowest BCUT2D eigenvalue weighted by Gasteiger charge is -2.34. The van der Waals surface area contributed by atoms with E-state index >= 15 is 0 Å². The van der Waals surface area contributed by atoms with Gasteiger partial charge in [0.2, 0.25) is 0 Å². The number of nitrogens with zero attached hydrogens (tertiary/aromatic N) is 2. The molecular weight excluding hydrogens is 232 g/mol. The summed E-state index contributed by atoms with van der Waals surface area (Å²) < 4.78 is 10.6. The van der Waals surface area contributed by atoms with Crippen LogP contribution in [0.1, 0.15) is 26.0 Å². The van der Waals surface area contributed by atoms with E-state index in [0.717, 1.165) is 24.2 Å². The van der Waals surface area contributed by atoms with Crippen molar-refractivity contribution in [3.8, 4) is 0 Å². The average Bonchev–Trinajstić information content (AvgIpc) is 2.36. The maximum atomic E-state index is 12.1. The van der Waals surface area contributed by atoms with Gasteiger partial charge < -0.3 is 9.47 Å². The Morgan fingerprint density at radius 2 is 2.33 bits per heavy atom. The van der Waals surface area contributed by atoms with Crippen molar-refractivity contribution in [1.29, 1.82) is 0 Å². The number of aromatic nitrogens is 1. The molecule has 0 saturated carbocycles. The first-order valence-electron chi connectivity index (χ1n) is 6.10. The van der Waals surface area contributed by atoms with Crippen LogP contribution in [0.3, 0.4) is 0 Å². The summed E-state index contributed by atoms with van der Waals surface area (Å²) in [5, 5.41) is 0. The van der Waals surface area contributed by atoms with E-state index in [0.29, 0.717) is 0 Å². The van der Waals surface area contributed by atoms with Crippen LogP contribution < -0.4 is 4.90 Å². The number of carbonyl (C=O) groups is 1. The van der Waals surface area contributed by atoms with Gasteiger partial charge in [0.1, 0.15) is 6.23 Å². The largest absolute Gasteiger partial charge is 0.446 e. The van der Waals surface area contributed by atoms with E-state index in [1.165, 1.54) is 0 Å². The lowest BCUT2D eigenvalue weighted by molar-refractivity contribution is 0.0669. The summed E-state index contributed by atoms with van der Waals surface area (Å²) in [7, 11) is 1.60. The van der Waals surface area contributed by atoms with Gasteiger partial charge in [-0.1, -0.05) is 0 Å². The van der Waals surface area contributed by atoms with Crippen molar-refractivity contribution in [3.05, 3.63) is 24.0 Å². The summed E-state index contributed by atoms with van der Waals surface area (Å²) in [6.07, 6.45) is 2.45. The quantitative estimate of drug-likeness (QED) is 0.808. The summed E-state index contributed by atoms with van der Waals surface area (Å²) in [4.78, 5) is 18.0. The van der Waals surface area contributed by atoms with Crippen LogP contribution in [0, 0.1) is 0 Å². The Morgan fingerprint density at radius 3 is 3.00 bits per heavy atom. The summed E-state index contributed by atoms with van der Waals surface area (Å²) in [6.45, 7) is 3.65. The van der Waals surface area contributed by atoms with E-state index in [-0.39, 0.29) is 18.4 Å². The van der Waals surface area contributed by atoms with Gasteiger partial charge in [0.05, 0.1) is 17.5 Å². The van der Waals surface area contributed by atoms with Crippen LogP contribution in [0.2, 0.25) is 0 Å². The summed E-state index contributed by atoms with van der Waals surface area (Å²) in [6, 6.07) is 3.68. The van der Waals surface area contributed by atoms with Crippen molar-refractivity contribution in [2.24, 2.45) is 0 Å². The molecule has 0 aliphatic carbocycles. The molecule has 0 aromatic carbocycles. The fraction of sp³-hybridized carbons (Fsp3) is 0.538. The number of anilines is 1. The number of aryl methyl sites for hydroxylation is 1. The van der Waals surface area contributed by atoms with Gasteiger partial charge in [-0.3, -0.25) is 4.98 Å². The smallest absolute Gasteiger partial charge is 0.416 e. The molecule has 18 heavy (non-hydrogen) atoms. The van der Waals surface area contributed by atoms with E-state index in [9.17, 15) is 4.79 Å². The molecule has 2 heterocycles. The first-order chi connectivity index (χ1) is 8.63. The average molecular weight is 250 g/mol. The van der Waals surface area contributed by atoms with Gasteiger partial charge in [-0.2, -0.15) is 0 Å². The molecule has 0 N–H and O–H groups in total. The van der Waals surface area contributed by atoms with Gasteiger partial charge in [0.25, 0.3) is 0 Å². The molecule has 0 saturated heterocycles. The van der Waals surface area contributed by atoms with Crippen LogP contribution in [0.4, 0.5) is 10.5 Å². The highest BCUT2D eigenvalue weighted by Crippen LogP contribution is 2.30. The SMILES string of the molecule is COC1CCc2ncccc2N1C(=O)OC(C)C. The number of methoxy groups -OCH3 is 1. The number of carbonyl (C=O) groups excluding carboxylic acids is 1. The molecule has 1 unspecified atom stereocenters. The van der Waals surface area contributed by atoms with Crippen molar-refractivity contribution in [2.75, 3.05) is 12.0 Å². The third-order valence-electron chi connectivity index (χ3n) is 2.85. The number of hydrogen-bond acceptors (Lipinski definition) is 4. The molecule has 0 radical (unpaired) electrons. The second-order valence-electron chi connectivity index (χ2n) is 4.50. The summed E-state index contributed by atoms with van der Waals surface area (Å²) in [5.74, 6) is 0.